The number of rotatable bonds is 2. The number of hydrogen-bond donors (Lipinski definition) is 0. The lowest BCUT2D eigenvalue weighted by atomic mass is 10.2. The second-order valence-corrected chi connectivity index (χ2v) is 4.67. The fourth-order valence-corrected chi connectivity index (χ4v) is 2.48. The molecular weight excluding hydrogens is 199 g/mol. The highest BCUT2D eigenvalue weighted by molar-refractivity contribution is 7.19. The Bertz CT molecular complexity index is 259. The van der Waals surface area contributed by atoms with E-state index in [-0.39, 0.29) is 17.6 Å². The minimum absolute atomic E-state index is 0.0444. The number of hydrazine groups is 1. The zero-order valence-electron chi connectivity index (χ0n) is 8.06. The van der Waals surface area contributed by atoms with E-state index in [0.29, 0.717) is 0 Å². The lowest BCUT2D eigenvalue weighted by molar-refractivity contribution is -0.145. The van der Waals surface area contributed by atoms with Crippen molar-refractivity contribution >= 4 is 21.4 Å². The average Bonchev–Trinajstić information content (AvgIpc) is 2.75. The molecule has 2 aliphatic heterocycles. The zero-order valence-corrected chi connectivity index (χ0v) is 9.21. The number of hydrogen-bond acceptors (Lipinski definition) is 3. The van der Waals surface area contributed by atoms with Gasteiger partial charge in [-0.3, -0.25) is 9.80 Å². The van der Waals surface area contributed by atoms with Crippen LogP contribution in [0.1, 0.15) is 19.3 Å². The smallest absolute Gasteiger partial charge is 0.243 e. The quantitative estimate of drug-likeness (QED) is 0.481. The minimum Gasteiger partial charge on any atom is -0.302 e. The van der Waals surface area contributed by atoms with Crippen LogP contribution < -0.4 is 0 Å². The molecule has 0 saturated carbocycles. The highest BCUT2D eigenvalue weighted by Gasteiger charge is 2.37. The van der Waals surface area contributed by atoms with Gasteiger partial charge in [0.2, 0.25) is 5.91 Å². The summed E-state index contributed by atoms with van der Waals surface area (Å²) in [6, 6.07) is -0.0748. The molecule has 0 aromatic rings. The number of aldehydes is 1. The molecule has 2 fully saturated rings. The van der Waals surface area contributed by atoms with Crippen LogP contribution in [0.25, 0.3) is 0 Å². The Kier molecular flexibility index (Phi) is 2.84. The first-order valence-electron chi connectivity index (χ1n) is 5.03. The summed E-state index contributed by atoms with van der Waals surface area (Å²) >= 11 is 0. The average molecular weight is 214 g/mol. The monoisotopic (exact) mass is 214 g/mol. The molecule has 0 radical (unpaired) electrons. The first-order chi connectivity index (χ1) is 6.74. The van der Waals surface area contributed by atoms with Gasteiger partial charge < -0.3 is 4.79 Å². The fourth-order valence-electron chi connectivity index (χ4n) is 2.16. The van der Waals surface area contributed by atoms with Crippen LogP contribution in [0.4, 0.5) is 0 Å². The van der Waals surface area contributed by atoms with Gasteiger partial charge in [-0.25, -0.2) is 5.01 Å². The molecule has 0 aromatic carbocycles. The molecule has 2 heterocycles. The van der Waals surface area contributed by atoms with Crippen LogP contribution in [-0.4, -0.2) is 47.0 Å². The Morgan fingerprint density at radius 1 is 1.36 bits per heavy atom. The summed E-state index contributed by atoms with van der Waals surface area (Å²) < 4.78 is 0. The van der Waals surface area contributed by atoms with Crippen molar-refractivity contribution in [3.8, 4) is 0 Å². The van der Waals surface area contributed by atoms with Gasteiger partial charge in [-0.15, -0.1) is 9.24 Å². The van der Waals surface area contributed by atoms with Crippen LogP contribution in [-0.2, 0) is 9.59 Å². The maximum atomic E-state index is 11.7. The van der Waals surface area contributed by atoms with Crippen molar-refractivity contribution in [3.05, 3.63) is 0 Å². The van der Waals surface area contributed by atoms with Crippen LogP contribution >= 0.6 is 9.24 Å². The maximum Gasteiger partial charge on any atom is 0.243 e. The summed E-state index contributed by atoms with van der Waals surface area (Å²) in [5, 5.41) is 3.68. The lowest BCUT2D eigenvalue weighted by Crippen LogP contribution is -2.47. The lowest BCUT2D eigenvalue weighted by Gasteiger charge is -2.30. The van der Waals surface area contributed by atoms with Crippen LogP contribution in [0, 0.1) is 0 Å². The van der Waals surface area contributed by atoms with Crippen molar-refractivity contribution in [3.63, 3.8) is 0 Å². The van der Waals surface area contributed by atoms with Crippen molar-refractivity contribution in [2.45, 2.75) is 31.0 Å². The minimum atomic E-state index is -0.0748. The molecule has 1 amide bonds. The fraction of sp³-hybridized carbons (Fsp3) is 0.778. The molecule has 0 N–H and O–H groups in total. The summed E-state index contributed by atoms with van der Waals surface area (Å²) in [6.45, 7) is 1.60. The highest BCUT2D eigenvalue weighted by atomic mass is 31.0. The number of carbonyl (C=O) groups excluding carboxylic acids is 2. The predicted octanol–water partition coefficient (Wildman–Crippen LogP) is 0.0407. The molecule has 2 rings (SSSR count). The molecule has 0 aliphatic carbocycles. The van der Waals surface area contributed by atoms with E-state index in [4.69, 9.17) is 0 Å². The molecule has 4 nitrogen and oxygen atoms in total. The van der Waals surface area contributed by atoms with Gasteiger partial charge in [0.1, 0.15) is 6.29 Å². The first kappa shape index (κ1) is 10.1. The molecule has 1 unspecified atom stereocenters. The Morgan fingerprint density at radius 2 is 2.14 bits per heavy atom. The van der Waals surface area contributed by atoms with Crippen LogP contribution in [0.2, 0.25) is 0 Å². The third-order valence-corrected chi connectivity index (χ3v) is 3.58. The van der Waals surface area contributed by atoms with E-state index >= 15 is 0 Å². The number of carbonyl (C=O) groups is 2. The predicted molar refractivity (Wildman–Crippen MR) is 55.6 cm³/mol. The third kappa shape index (κ3) is 1.57. The Hall–Kier alpha value is -0.470. The Morgan fingerprint density at radius 3 is 2.71 bits per heavy atom. The van der Waals surface area contributed by atoms with Gasteiger partial charge in [0.05, 0.1) is 11.7 Å². The van der Waals surface area contributed by atoms with Crippen molar-refractivity contribution in [2.75, 3.05) is 13.1 Å². The molecule has 78 valence electrons. The molecule has 0 aromatic heterocycles. The summed E-state index contributed by atoms with van der Waals surface area (Å²) in [5.41, 5.74) is 0.0444. The van der Waals surface area contributed by atoms with Crippen molar-refractivity contribution in [1.82, 2.24) is 10.0 Å². The largest absolute Gasteiger partial charge is 0.302 e. The molecule has 2 saturated heterocycles. The first-order valence-corrected chi connectivity index (χ1v) is 5.69. The number of nitrogens with zero attached hydrogens (tertiary/aromatic N) is 2. The van der Waals surface area contributed by atoms with Gasteiger partial charge in [0.25, 0.3) is 0 Å². The number of amides is 1. The van der Waals surface area contributed by atoms with E-state index < -0.39 is 0 Å². The molecule has 0 bridgehead atoms. The molecular formula is C9H15N2O2P. The van der Waals surface area contributed by atoms with Gasteiger partial charge in [0, 0.05) is 13.1 Å². The Balaban J connectivity index is 2.07. The highest BCUT2D eigenvalue weighted by Crippen LogP contribution is 2.25. The standard InChI is InChI=1S/C9H15N2O2P/c12-6-7-2-1-4-10(7)11-5-3-8(14)9(11)13/h6-8H,1-5,14H2/t7-,8-/m0/s1. The second kappa shape index (κ2) is 3.95. The van der Waals surface area contributed by atoms with E-state index in [9.17, 15) is 9.59 Å². The molecule has 14 heavy (non-hydrogen) atoms. The van der Waals surface area contributed by atoms with Crippen LogP contribution in [0.15, 0.2) is 0 Å². The van der Waals surface area contributed by atoms with Gasteiger partial charge in [0.15, 0.2) is 0 Å². The van der Waals surface area contributed by atoms with Crippen molar-refractivity contribution < 1.29 is 9.59 Å². The Labute approximate surface area is 85.8 Å². The van der Waals surface area contributed by atoms with Crippen LogP contribution in [0.3, 0.4) is 0 Å². The SMILES string of the molecule is O=C[C@@H]1CCCN1N1CC[C@H](P)C1=O. The normalized spacial score (nSPS) is 34.1. The van der Waals surface area contributed by atoms with E-state index in [1.54, 1.807) is 5.01 Å². The summed E-state index contributed by atoms with van der Waals surface area (Å²) in [5.74, 6) is 0.142. The topological polar surface area (TPSA) is 40.6 Å². The second-order valence-electron chi connectivity index (χ2n) is 3.87. The van der Waals surface area contributed by atoms with Gasteiger partial charge >= 0.3 is 0 Å². The van der Waals surface area contributed by atoms with E-state index in [1.165, 1.54) is 0 Å². The molecule has 3 atom stereocenters. The van der Waals surface area contributed by atoms with Gasteiger partial charge in [-0.1, -0.05) is 0 Å². The molecule has 2 aliphatic rings. The van der Waals surface area contributed by atoms with E-state index in [2.05, 4.69) is 9.24 Å². The maximum absolute atomic E-state index is 11.7. The van der Waals surface area contributed by atoms with E-state index in [1.807, 2.05) is 5.01 Å². The van der Waals surface area contributed by atoms with Gasteiger partial charge in [-0.2, -0.15) is 0 Å². The van der Waals surface area contributed by atoms with Crippen LogP contribution in [0.5, 0.6) is 0 Å². The van der Waals surface area contributed by atoms with Crippen molar-refractivity contribution in [2.24, 2.45) is 0 Å². The molecule has 5 heteroatoms. The summed E-state index contributed by atoms with van der Waals surface area (Å²) in [4.78, 5) is 22.5. The van der Waals surface area contributed by atoms with Crippen molar-refractivity contribution in [1.29, 1.82) is 0 Å². The van der Waals surface area contributed by atoms with E-state index in [0.717, 1.165) is 38.6 Å². The summed E-state index contributed by atoms with van der Waals surface area (Å²) in [7, 11) is 2.56. The zero-order chi connectivity index (χ0) is 10.1. The van der Waals surface area contributed by atoms with Gasteiger partial charge in [-0.05, 0) is 19.3 Å². The summed E-state index contributed by atoms with van der Waals surface area (Å²) in [6.07, 6.45) is 3.73. The third-order valence-electron chi connectivity index (χ3n) is 2.96. The molecule has 0 spiro atoms.